The van der Waals surface area contributed by atoms with Crippen molar-refractivity contribution in [2.24, 2.45) is 0 Å². The molecule has 3 heteroatoms. The van der Waals surface area contributed by atoms with Crippen molar-refractivity contribution in [2.45, 2.75) is 17.4 Å². The molecule has 1 N–H and O–H groups in total. The summed E-state index contributed by atoms with van der Waals surface area (Å²) < 4.78 is 5.19. The summed E-state index contributed by atoms with van der Waals surface area (Å²) >= 11 is 1.77. The van der Waals surface area contributed by atoms with Crippen LogP contribution in [0, 0.1) is 0 Å². The van der Waals surface area contributed by atoms with E-state index in [2.05, 4.69) is 48.0 Å². The lowest BCUT2D eigenvalue weighted by Gasteiger charge is -2.17. The van der Waals surface area contributed by atoms with Crippen LogP contribution in [0.1, 0.15) is 17.2 Å². The van der Waals surface area contributed by atoms with Crippen molar-refractivity contribution in [3.8, 4) is 5.75 Å². The van der Waals surface area contributed by atoms with Crippen LogP contribution in [-0.2, 0) is 6.42 Å². The van der Waals surface area contributed by atoms with E-state index in [0.717, 1.165) is 12.2 Å². The van der Waals surface area contributed by atoms with Gasteiger partial charge in [-0.15, -0.1) is 11.8 Å². The minimum Gasteiger partial charge on any atom is -0.497 e. The summed E-state index contributed by atoms with van der Waals surface area (Å²) in [6.45, 7) is 0. The van der Waals surface area contributed by atoms with Gasteiger partial charge in [0.1, 0.15) is 5.75 Å². The van der Waals surface area contributed by atoms with Crippen molar-refractivity contribution in [3.05, 3.63) is 59.7 Å². The largest absolute Gasteiger partial charge is 0.497 e. The highest BCUT2D eigenvalue weighted by Crippen LogP contribution is 2.22. The van der Waals surface area contributed by atoms with Crippen LogP contribution in [0.25, 0.3) is 0 Å². The van der Waals surface area contributed by atoms with E-state index in [0.29, 0.717) is 6.04 Å². The third kappa shape index (κ3) is 3.78. The lowest BCUT2D eigenvalue weighted by molar-refractivity contribution is 0.414. The van der Waals surface area contributed by atoms with Gasteiger partial charge in [0.2, 0.25) is 0 Å². The zero-order valence-corrected chi connectivity index (χ0v) is 13.0. The topological polar surface area (TPSA) is 21.3 Å². The number of methoxy groups -OCH3 is 1. The van der Waals surface area contributed by atoms with Crippen LogP contribution in [0.2, 0.25) is 0 Å². The van der Waals surface area contributed by atoms with Gasteiger partial charge in [-0.05, 0) is 55.1 Å². The summed E-state index contributed by atoms with van der Waals surface area (Å²) in [6.07, 6.45) is 3.07. The van der Waals surface area contributed by atoms with Crippen molar-refractivity contribution >= 4 is 11.8 Å². The standard InChI is InChI=1S/C17H21NOS/c1-18-17(14-6-10-16(20-3)11-7-14)12-13-4-8-15(19-2)9-5-13/h4-11,17-18H,12H2,1-3H3. The molecule has 0 amide bonds. The summed E-state index contributed by atoms with van der Waals surface area (Å²) in [5, 5.41) is 3.39. The maximum atomic E-state index is 5.19. The smallest absolute Gasteiger partial charge is 0.118 e. The highest BCUT2D eigenvalue weighted by atomic mass is 32.2. The fraction of sp³-hybridized carbons (Fsp3) is 0.294. The van der Waals surface area contributed by atoms with E-state index >= 15 is 0 Å². The van der Waals surface area contributed by atoms with E-state index in [1.807, 2.05) is 19.2 Å². The average Bonchev–Trinajstić information content (AvgIpc) is 2.53. The molecule has 2 nitrogen and oxygen atoms in total. The predicted molar refractivity (Wildman–Crippen MR) is 86.7 cm³/mol. The van der Waals surface area contributed by atoms with Crippen LogP contribution in [0.5, 0.6) is 5.75 Å². The number of hydrogen-bond donors (Lipinski definition) is 1. The lowest BCUT2D eigenvalue weighted by atomic mass is 9.99. The number of ether oxygens (including phenoxy) is 1. The van der Waals surface area contributed by atoms with Gasteiger partial charge in [0.25, 0.3) is 0 Å². The molecule has 1 unspecified atom stereocenters. The zero-order valence-electron chi connectivity index (χ0n) is 12.2. The third-order valence-corrected chi connectivity index (χ3v) is 4.21. The van der Waals surface area contributed by atoms with E-state index in [4.69, 9.17) is 4.74 Å². The molecule has 0 spiro atoms. The number of nitrogens with one attached hydrogen (secondary N) is 1. The fourth-order valence-corrected chi connectivity index (χ4v) is 2.63. The van der Waals surface area contributed by atoms with Gasteiger partial charge in [0, 0.05) is 10.9 Å². The molecule has 0 radical (unpaired) electrons. The van der Waals surface area contributed by atoms with Gasteiger partial charge in [-0.1, -0.05) is 24.3 Å². The van der Waals surface area contributed by atoms with Crippen molar-refractivity contribution in [2.75, 3.05) is 20.4 Å². The van der Waals surface area contributed by atoms with Gasteiger partial charge in [-0.3, -0.25) is 0 Å². The SMILES string of the molecule is CNC(Cc1ccc(OC)cc1)c1ccc(SC)cc1. The minimum absolute atomic E-state index is 0.333. The van der Waals surface area contributed by atoms with Gasteiger partial charge in [-0.25, -0.2) is 0 Å². The zero-order chi connectivity index (χ0) is 14.4. The molecule has 0 saturated heterocycles. The molecule has 2 rings (SSSR count). The minimum atomic E-state index is 0.333. The van der Waals surface area contributed by atoms with Crippen molar-refractivity contribution in [1.82, 2.24) is 5.32 Å². The Morgan fingerprint density at radius 1 is 1.05 bits per heavy atom. The van der Waals surface area contributed by atoms with Crippen molar-refractivity contribution in [3.63, 3.8) is 0 Å². The second kappa shape index (κ2) is 7.36. The van der Waals surface area contributed by atoms with Crippen LogP contribution in [-0.4, -0.2) is 20.4 Å². The van der Waals surface area contributed by atoms with Crippen LogP contribution >= 0.6 is 11.8 Å². The van der Waals surface area contributed by atoms with Gasteiger partial charge in [-0.2, -0.15) is 0 Å². The maximum absolute atomic E-state index is 5.19. The van der Waals surface area contributed by atoms with Gasteiger partial charge >= 0.3 is 0 Å². The monoisotopic (exact) mass is 287 g/mol. The number of rotatable bonds is 6. The Morgan fingerprint density at radius 2 is 1.70 bits per heavy atom. The van der Waals surface area contributed by atoms with E-state index in [9.17, 15) is 0 Å². The summed E-state index contributed by atoms with van der Waals surface area (Å²) in [7, 11) is 3.70. The number of hydrogen-bond acceptors (Lipinski definition) is 3. The summed E-state index contributed by atoms with van der Waals surface area (Å²) in [5.41, 5.74) is 2.63. The average molecular weight is 287 g/mol. The molecular formula is C17H21NOS. The molecule has 20 heavy (non-hydrogen) atoms. The Balaban J connectivity index is 2.10. The van der Waals surface area contributed by atoms with E-state index in [1.54, 1.807) is 18.9 Å². The number of benzene rings is 2. The normalized spacial score (nSPS) is 12.2. The second-order valence-electron chi connectivity index (χ2n) is 4.67. The van der Waals surface area contributed by atoms with Crippen LogP contribution in [0.15, 0.2) is 53.4 Å². The van der Waals surface area contributed by atoms with E-state index in [1.165, 1.54) is 16.0 Å². The summed E-state index contributed by atoms with van der Waals surface area (Å²) in [5.74, 6) is 0.902. The first-order valence-corrected chi connectivity index (χ1v) is 7.93. The molecule has 0 aromatic heterocycles. The fourth-order valence-electron chi connectivity index (χ4n) is 2.22. The molecule has 1 atom stereocenters. The van der Waals surface area contributed by atoms with Crippen LogP contribution < -0.4 is 10.1 Å². The Hall–Kier alpha value is -1.45. The second-order valence-corrected chi connectivity index (χ2v) is 5.55. The molecule has 0 aliphatic carbocycles. The molecule has 0 aliphatic rings. The lowest BCUT2D eigenvalue weighted by Crippen LogP contribution is -2.18. The van der Waals surface area contributed by atoms with Gasteiger partial charge in [0.05, 0.1) is 7.11 Å². The molecule has 106 valence electrons. The first kappa shape index (κ1) is 14.9. The molecule has 2 aromatic rings. The van der Waals surface area contributed by atoms with Crippen LogP contribution in [0.3, 0.4) is 0 Å². The first-order chi connectivity index (χ1) is 9.76. The van der Waals surface area contributed by atoms with Gasteiger partial charge in [0.15, 0.2) is 0 Å². The van der Waals surface area contributed by atoms with E-state index in [-0.39, 0.29) is 0 Å². The molecule has 0 aliphatic heterocycles. The molecule has 2 aromatic carbocycles. The maximum Gasteiger partial charge on any atom is 0.118 e. The first-order valence-electron chi connectivity index (χ1n) is 6.71. The predicted octanol–water partition coefficient (Wildman–Crippen LogP) is 3.92. The van der Waals surface area contributed by atoms with Crippen molar-refractivity contribution < 1.29 is 4.74 Å². The Morgan fingerprint density at radius 3 is 2.20 bits per heavy atom. The Kier molecular flexibility index (Phi) is 5.50. The Labute approximate surface area is 125 Å². The Bertz CT molecular complexity index is 522. The summed E-state index contributed by atoms with van der Waals surface area (Å²) in [4.78, 5) is 1.30. The highest BCUT2D eigenvalue weighted by Gasteiger charge is 2.10. The summed E-state index contributed by atoms with van der Waals surface area (Å²) in [6, 6.07) is 17.4. The molecule has 0 fully saturated rings. The molecule has 0 bridgehead atoms. The quantitative estimate of drug-likeness (QED) is 0.814. The van der Waals surface area contributed by atoms with E-state index < -0.39 is 0 Å². The number of likely N-dealkylation sites (N-methyl/N-ethyl adjacent to an activating group) is 1. The van der Waals surface area contributed by atoms with Gasteiger partial charge < -0.3 is 10.1 Å². The molecule has 0 saturated carbocycles. The third-order valence-electron chi connectivity index (χ3n) is 3.47. The highest BCUT2D eigenvalue weighted by molar-refractivity contribution is 7.98. The molecular weight excluding hydrogens is 266 g/mol. The number of thioether (sulfide) groups is 1. The van der Waals surface area contributed by atoms with Crippen molar-refractivity contribution in [1.29, 1.82) is 0 Å². The van der Waals surface area contributed by atoms with Crippen LogP contribution in [0.4, 0.5) is 0 Å². The molecule has 0 heterocycles.